The number of aryl methyl sites for hydroxylation is 1. The summed E-state index contributed by atoms with van der Waals surface area (Å²) in [6.45, 7) is 2.14. The molecule has 1 fully saturated rings. The van der Waals surface area contributed by atoms with E-state index in [0.29, 0.717) is 18.4 Å². The third kappa shape index (κ3) is 2.84. The topological polar surface area (TPSA) is 40.5 Å². The first-order valence-electron chi connectivity index (χ1n) is 7.37. The number of nitrogens with zero attached hydrogens (tertiary/aromatic N) is 1. The van der Waals surface area contributed by atoms with Crippen molar-refractivity contribution in [3.05, 3.63) is 34.3 Å². The zero-order valence-corrected chi connectivity index (χ0v) is 12.3. The number of hydrogen-bond donors (Lipinski definition) is 1. The summed E-state index contributed by atoms with van der Waals surface area (Å²) in [5.74, 6) is -0.133. The number of rotatable bonds is 4. The molecule has 1 heterocycles. The van der Waals surface area contributed by atoms with E-state index in [2.05, 4.69) is 17.0 Å². The molecule has 0 amide bonds. The van der Waals surface area contributed by atoms with Crippen molar-refractivity contribution >= 4 is 17.6 Å². The monoisotopic (exact) mass is 293 g/mol. The minimum atomic E-state index is -0.677. The smallest absolute Gasteiger partial charge is 0.303 e. The Bertz CT molecular complexity index is 517. The van der Waals surface area contributed by atoms with E-state index in [4.69, 9.17) is 16.7 Å². The van der Waals surface area contributed by atoms with E-state index in [1.54, 1.807) is 0 Å². The summed E-state index contributed by atoms with van der Waals surface area (Å²) in [6.07, 6.45) is 4.52. The molecule has 0 spiro atoms. The van der Waals surface area contributed by atoms with Gasteiger partial charge in [0.05, 0.1) is 0 Å². The van der Waals surface area contributed by atoms with E-state index in [1.807, 2.05) is 6.07 Å². The van der Waals surface area contributed by atoms with Crippen LogP contribution in [0.15, 0.2) is 18.2 Å². The molecule has 3 rings (SSSR count). The molecule has 1 N–H and O–H groups in total. The van der Waals surface area contributed by atoms with E-state index in [0.717, 1.165) is 37.4 Å². The van der Waals surface area contributed by atoms with Crippen LogP contribution in [0, 0.1) is 5.92 Å². The summed E-state index contributed by atoms with van der Waals surface area (Å²) in [5, 5.41) is 9.61. The Labute approximate surface area is 124 Å². The van der Waals surface area contributed by atoms with Crippen molar-refractivity contribution in [2.75, 3.05) is 13.1 Å². The highest BCUT2D eigenvalue weighted by molar-refractivity contribution is 6.30. The standard InChI is InChI=1S/C16H20ClNO2/c17-13-3-4-14-12(9-13)2-5-15(14)18-8-7-11(10-18)1-6-16(19)20/h3-4,9,11,15H,1-2,5-8,10H2,(H,19,20). The third-order valence-electron chi connectivity index (χ3n) is 4.68. The number of carboxylic acids is 1. The summed E-state index contributed by atoms with van der Waals surface area (Å²) in [7, 11) is 0. The molecule has 108 valence electrons. The molecule has 1 aromatic rings. The second-order valence-electron chi connectivity index (χ2n) is 5.98. The van der Waals surface area contributed by atoms with E-state index in [-0.39, 0.29) is 0 Å². The van der Waals surface area contributed by atoms with Crippen molar-refractivity contribution in [2.24, 2.45) is 5.92 Å². The Kier molecular flexibility index (Phi) is 3.99. The molecule has 2 atom stereocenters. The van der Waals surface area contributed by atoms with Gasteiger partial charge in [-0.25, -0.2) is 0 Å². The van der Waals surface area contributed by atoms with Gasteiger partial charge in [-0.3, -0.25) is 9.69 Å². The predicted molar refractivity (Wildman–Crippen MR) is 79.1 cm³/mol. The predicted octanol–water partition coefficient (Wildman–Crippen LogP) is 3.51. The molecule has 2 aliphatic rings. The number of halogens is 1. The summed E-state index contributed by atoms with van der Waals surface area (Å²) >= 11 is 6.06. The van der Waals surface area contributed by atoms with Gasteiger partial charge in [0.2, 0.25) is 0 Å². The van der Waals surface area contributed by atoms with Gasteiger partial charge >= 0.3 is 5.97 Å². The van der Waals surface area contributed by atoms with Crippen molar-refractivity contribution in [1.29, 1.82) is 0 Å². The van der Waals surface area contributed by atoms with Crippen molar-refractivity contribution in [3.8, 4) is 0 Å². The fraction of sp³-hybridized carbons (Fsp3) is 0.562. The highest BCUT2D eigenvalue weighted by atomic mass is 35.5. The molecule has 1 aliphatic carbocycles. The molecule has 0 saturated carbocycles. The molecule has 2 unspecified atom stereocenters. The lowest BCUT2D eigenvalue weighted by Gasteiger charge is -2.25. The number of carboxylic acid groups (broad SMARTS) is 1. The maximum absolute atomic E-state index is 10.7. The van der Waals surface area contributed by atoms with Crippen LogP contribution in [0.4, 0.5) is 0 Å². The lowest BCUT2D eigenvalue weighted by atomic mass is 10.0. The number of aliphatic carboxylic acids is 1. The van der Waals surface area contributed by atoms with Crippen LogP contribution < -0.4 is 0 Å². The molecular formula is C16H20ClNO2. The van der Waals surface area contributed by atoms with Crippen LogP contribution >= 0.6 is 11.6 Å². The zero-order chi connectivity index (χ0) is 14.1. The Morgan fingerprint density at radius 1 is 1.40 bits per heavy atom. The van der Waals surface area contributed by atoms with Crippen molar-refractivity contribution < 1.29 is 9.90 Å². The van der Waals surface area contributed by atoms with Gasteiger partial charge in [0.25, 0.3) is 0 Å². The van der Waals surface area contributed by atoms with Gasteiger partial charge in [-0.2, -0.15) is 0 Å². The number of fused-ring (bicyclic) bond motifs is 1. The van der Waals surface area contributed by atoms with Gasteiger partial charge in [-0.15, -0.1) is 0 Å². The van der Waals surface area contributed by atoms with E-state index >= 15 is 0 Å². The van der Waals surface area contributed by atoms with E-state index in [9.17, 15) is 4.79 Å². The first kappa shape index (κ1) is 13.9. The molecule has 20 heavy (non-hydrogen) atoms. The minimum absolute atomic E-state index is 0.301. The highest BCUT2D eigenvalue weighted by Gasteiger charge is 2.33. The average Bonchev–Trinajstić information content (AvgIpc) is 3.01. The summed E-state index contributed by atoms with van der Waals surface area (Å²) in [5.41, 5.74) is 2.81. The quantitative estimate of drug-likeness (QED) is 0.923. The molecule has 3 nitrogen and oxygen atoms in total. The van der Waals surface area contributed by atoms with Crippen LogP contribution in [0.2, 0.25) is 5.02 Å². The summed E-state index contributed by atoms with van der Waals surface area (Å²) in [4.78, 5) is 13.2. The molecule has 1 saturated heterocycles. The van der Waals surface area contributed by atoms with Crippen LogP contribution in [0.25, 0.3) is 0 Å². The van der Waals surface area contributed by atoms with Crippen LogP contribution in [-0.4, -0.2) is 29.1 Å². The average molecular weight is 294 g/mol. The maximum atomic E-state index is 10.7. The van der Waals surface area contributed by atoms with Gasteiger partial charge in [0.1, 0.15) is 0 Å². The fourth-order valence-electron chi connectivity index (χ4n) is 3.65. The summed E-state index contributed by atoms with van der Waals surface area (Å²) in [6, 6.07) is 6.75. The molecule has 4 heteroatoms. The Morgan fingerprint density at radius 2 is 2.25 bits per heavy atom. The van der Waals surface area contributed by atoms with Gasteiger partial charge in [0.15, 0.2) is 0 Å². The van der Waals surface area contributed by atoms with Crippen LogP contribution in [0.3, 0.4) is 0 Å². The van der Waals surface area contributed by atoms with E-state index in [1.165, 1.54) is 17.5 Å². The zero-order valence-electron chi connectivity index (χ0n) is 11.5. The molecule has 1 aromatic carbocycles. The second-order valence-corrected chi connectivity index (χ2v) is 6.42. The number of likely N-dealkylation sites (tertiary alicyclic amines) is 1. The van der Waals surface area contributed by atoms with Crippen molar-refractivity contribution in [3.63, 3.8) is 0 Å². The number of hydrogen-bond acceptors (Lipinski definition) is 2. The first-order valence-corrected chi connectivity index (χ1v) is 7.75. The molecule has 0 bridgehead atoms. The lowest BCUT2D eigenvalue weighted by molar-refractivity contribution is -0.137. The Morgan fingerprint density at radius 3 is 3.05 bits per heavy atom. The third-order valence-corrected chi connectivity index (χ3v) is 4.91. The van der Waals surface area contributed by atoms with Gasteiger partial charge in [0, 0.05) is 24.0 Å². The Hall–Kier alpha value is -1.06. The fourth-order valence-corrected chi connectivity index (χ4v) is 3.85. The van der Waals surface area contributed by atoms with Gasteiger partial charge in [-0.05, 0) is 61.4 Å². The second kappa shape index (κ2) is 5.74. The maximum Gasteiger partial charge on any atom is 0.303 e. The summed E-state index contributed by atoms with van der Waals surface area (Å²) < 4.78 is 0. The highest BCUT2D eigenvalue weighted by Crippen LogP contribution is 2.39. The molecular weight excluding hydrogens is 274 g/mol. The number of carbonyl (C=O) groups is 1. The van der Waals surface area contributed by atoms with Gasteiger partial charge < -0.3 is 5.11 Å². The lowest BCUT2D eigenvalue weighted by Crippen LogP contribution is -2.25. The van der Waals surface area contributed by atoms with E-state index < -0.39 is 5.97 Å². The first-order chi connectivity index (χ1) is 9.63. The number of benzene rings is 1. The van der Waals surface area contributed by atoms with Gasteiger partial charge in [-0.1, -0.05) is 17.7 Å². The Balaban J connectivity index is 1.64. The SMILES string of the molecule is O=C(O)CCC1CCN(C2CCc3cc(Cl)ccc32)C1. The van der Waals surface area contributed by atoms with Crippen LogP contribution in [0.1, 0.15) is 42.9 Å². The largest absolute Gasteiger partial charge is 0.481 e. The molecule has 1 aliphatic heterocycles. The van der Waals surface area contributed by atoms with Crippen molar-refractivity contribution in [1.82, 2.24) is 4.90 Å². The normalized spacial score (nSPS) is 25.9. The van der Waals surface area contributed by atoms with Crippen LogP contribution in [-0.2, 0) is 11.2 Å². The molecule has 0 aromatic heterocycles. The van der Waals surface area contributed by atoms with Crippen molar-refractivity contribution in [2.45, 2.75) is 38.1 Å². The van der Waals surface area contributed by atoms with Crippen LogP contribution in [0.5, 0.6) is 0 Å². The minimum Gasteiger partial charge on any atom is -0.481 e. The molecule has 0 radical (unpaired) electrons.